The van der Waals surface area contributed by atoms with E-state index >= 15 is 0 Å². The van der Waals surface area contributed by atoms with Gasteiger partial charge in [0.15, 0.2) is 5.69 Å². The molecule has 4 rings (SSSR count). The van der Waals surface area contributed by atoms with Crippen LogP contribution in [0, 0.1) is 6.92 Å². The molecule has 1 aliphatic heterocycles. The van der Waals surface area contributed by atoms with E-state index < -0.39 is 0 Å². The van der Waals surface area contributed by atoms with Gasteiger partial charge in [0.25, 0.3) is 5.91 Å². The molecule has 134 valence electrons. The van der Waals surface area contributed by atoms with Gasteiger partial charge in [-0.2, -0.15) is 0 Å². The fraction of sp³-hybridized carbons (Fsp3) is 0.316. The first kappa shape index (κ1) is 17.0. The lowest BCUT2D eigenvalue weighted by molar-refractivity contribution is 0.0922. The molecule has 6 nitrogen and oxygen atoms in total. The van der Waals surface area contributed by atoms with E-state index in [4.69, 9.17) is 4.52 Å². The summed E-state index contributed by atoms with van der Waals surface area (Å²) in [4.78, 5) is 19.1. The topological polar surface area (TPSA) is 71.3 Å². The molecule has 0 spiro atoms. The summed E-state index contributed by atoms with van der Waals surface area (Å²) in [5.74, 6) is 0.472. The molecule has 2 aromatic heterocycles. The third-order valence-corrected chi connectivity index (χ3v) is 5.37. The number of amides is 1. The number of piperidine rings is 1. The number of pyridine rings is 1. The van der Waals surface area contributed by atoms with Gasteiger partial charge in [0, 0.05) is 46.9 Å². The molecule has 0 aliphatic carbocycles. The van der Waals surface area contributed by atoms with Gasteiger partial charge in [-0.3, -0.25) is 9.78 Å². The van der Waals surface area contributed by atoms with Crippen molar-refractivity contribution in [3.05, 3.63) is 52.5 Å². The van der Waals surface area contributed by atoms with E-state index in [-0.39, 0.29) is 11.9 Å². The number of rotatable bonds is 3. The number of nitrogens with zero attached hydrogens (tertiary/aromatic N) is 3. The minimum Gasteiger partial charge on any atom is -0.371 e. The van der Waals surface area contributed by atoms with Gasteiger partial charge in [0.2, 0.25) is 0 Å². The molecule has 1 saturated heterocycles. The number of hydrogen-bond donors (Lipinski definition) is 1. The van der Waals surface area contributed by atoms with Crippen LogP contribution in [0.3, 0.4) is 0 Å². The third kappa shape index (κ3) is 3.31. The monoisotopic (exact) mass is 414 g/mol. The van der Waals surface area contributed by atoms with Crippen molar-refractivity contribution in [2.24, 2.45) is 0 Å². The molecule has 3 heterocycles. The van der Waals surface area contributed by atoms with Gasteiger partial charge < -0.3 is 14.7 Å². The van der Waals surface area contributed by atoms with E-state index in [2.05, 4.69) is 48.4 Å². The highest BCUT2D eigenvalue weighted by Crippen LogP contribution is 2.31. The van der Waals surface area contributed by atoms with Crippen LogP contribution in [-0.4, -0.2) is 35.2 Å². The van der Waals surface area contributed by atoms with Gasteiger partial charge in [0.1, 0.15) is 5.76 Å². The fourth-order valence-corrected chi connectivity index (χ4v) is 3.87. The van der Waals surface area contributed by atoms with E-state index in [1.807, 2.05) is 18.3 Å². The Hall–Kier alpha value is -2.41. The summed E-state index contributed by atoms with van der Waals surface area (Å²) in [6.45, 7) is 3.54. The quantitative estimate of drug-likeness (QED) is 0.707. The minimum absolute atomic E-state index is 0.149. The van der Waals surface area contributed by atoms with Crippen LogP contribution in [0.1, 0.15) is 29.1 Å². The van der Waals surface area contributed by atoms with Gasteiger partial charge in [-0.05, 0) is 47.8 Å². The SMILES string of the molecule is Cc1cc(C(=O)NC2CCN(c3ccnc4c(Br)cccc34)CC2)no1. The number of aromatic nitrogens is 2. The standard InChI is InChI=1S/C19H19BrN4O2/c1-12-11-16(23-26-12)19(25)22-13-6-9-24(10-7-13)17-5-8-21-18-14(17)3-2-4-15(18)20/h2-5,8,11,13H,6-7,9-10H2,1H3,(H,22,25). The van der Waals surface area contributed by atoms with Crippen molar-refractivity contribution < 1.29 is 9.32 Å². The number of anilines is 1. The van der Waals surface area contributed by atoms with Gasteiger partial charge in [-0.15, -0.1) is 0 Å². The highest BCUT2D eigenvalue weighted by Gasteiger charge is 2.23. The van der Waals surface area contributed by atoms with Crippen LogP contribution in [0.2, 0.25) is 0 Å². The molecule has 1 fully saturated rings. The molecule has 1 aliphatic rings. The Morgan fingerprint density at radius 2 is 2.12 bits per heavy atom. The number of para-hydroxylation sites is 1. The van der Waals surface area contributed by atoms with Crippen LogP contribution in [0.25, 0.3) is 10.9 Å². The van der Waals surface area contributed by atoms with Gasteiger partial charge in [-0.1, -0.05) is 17.3 Å². The van der Waals surface area contributed by atoms with E-state index in [1.165, 1.54) is 5.69 Å². The van der Waals surface area contributed by atoms with Crippen molar-refractivity contribution in [2.45, 2.75) is 25.8 Å². The molecular weight excluding hydrogens is 396 g/mol. The second kappa shape index (κ2) is 7.07. The Morgan fingerprint density at radius 3 is 2.85 bits per heavy atom. The number of hydrogen-bond acceptors (Lipinski definition) is 5. The van der Waals surface area contributed by atoms with Crippen molar-refractivity contribution in [1.29, 1.82) is 0 Å². The average Bonchev–Trinajstić information content (AvgIpc) is 3.09. The summed E-state index contributed by atoms with van der Waals surface area (Å²) in [5.41, 5.74) is 2.50. The minimum atomic E-state index is -0.168. The zero-order valence-corrected chi connectivity index (χ0v) is 16.0. The number of benzene rings is 1. The molecule has 0 atom stereocenters. The predicted molar refractivity (Wildman–Crippen MR) is 103 cm³/mol. The average molecular weight is 415 g/mol. The Kier molecular flexibility index (Phi) is 4.63. The first-order chi connectivity index (χ1) is 12.6. The van der Waals surface area contributed by atoms with Crippen LogP contribution in [0.4, 0.5) is 5.69 Å². The Balaban J connectivity index is 1.44. The summed E-state index contributed by atoms with van der Waals surface area (Å²) < 4.78 is 5.97. The van der Waals surface area contributed by atoms with E-state index in [0.717, 1.165) is 41.3 Å². The summed E-state index contributed by atoms with van der Waals surface area (Å²) in [7, 11) is 0. The summed E-state index contributed by atoms with van der Waals surface area (Å²) in [5, 5.41) is 7.98. The molecule has 0 radical (unpaired) electrons. The lowest BCUT2D eigenvalue weighted by Crippen LogP contribution is -2.44. The number of halogens is 1. The molecule has 3 aromatic rings. The summed E-state index contributed by atoms with van der Waals surface area (Å²) in [6, 6.07) is 10.0. The second-order valence-corrected chi connectivity index (χ2v) is 7.38. The lowest BCUT2D eigenvalue weighted by atomic mass is 10.0. The van der Waals surface area contributed by atoms with Crippen LogP contribution >= 0.6 is 15.9 Å². The molecule has 1 N–H and O–H groups in total. The van der Waals surface area contributed by atoms with Crippen LogP contribution in [0.5, 0.6) is 0 Å². The van der Waals surface area contributed by atoms with Crippen LogP contribution in [-0.2, 0) is 0 Å². The van der Waals surface area contributed by atoms with Crippen molar-refractivity contribution in [2.75, 3.05) is 18.0 Å². The molecule has 0 bridgehead atoms. The molecule has 26 heavy (non-hydrogen) atoms. The maximum Gasteiger partial charge on any atom is 0.273 e. The number of aryl methyl sites for hydroxylation is 1. The Bertz CT molecular complexity index is 948. The molecular formula is C19H19BrN4O2. The Labute approximate surface area is 159 Å². The molecule has 0 saturated carbocycles. The van der Waals surface area contributed by atoms with Gasteiger partial charge >= 0.3 is 0 Å². The Morgan fingerprint density at radius 1 is 1.31 bits per heavy atom. The maximum atomic E-state index is 12.2. The number of nitrogens with one attached hydrogen (secondary N) is 1. The van der Waals surface area contributed by atoms with Crippen molar-refractivity contribution in [1.82, 2.24) is 15.5 Å². The van der Waals surface area contributed by atoms with E-state index in [9.17, 15) is 4.79 Å². The number of carbonyl (C=O) groups is 1. The normalized spacial score (nSPS) is 15.4. The zero-order valence-electron chi connectivity index (χ0n) is 14.4. The molecule has 7 heteroatoms. The van der Waals surface area contributed by atoms with E-state index in [0.29, 0.717) is 11.5 Å². The van der Waals surface area contributed by atoms with Gasteiger partial charge in [0.05, 0.1) is 5.52 Å². The smallest absolute Gasteiger partial charge is 0.273 e. The number of carbonyl (C=O) groups excluding carboxylic acids is 1. The van der Waals surface area contributed by atoms with Crippen LogP contribution < -0.4 is 10.2 Å². The van der Waals surface area contributed by atoms with Crippen molar-refractivity contribution in [3.63, 3.8) is 0 Å². The highest BCUT2D eigenvalue weighted by molar-refractivity contribution is 9.10. The third-order valence-electron chi connectivity index (χ3n) is 4.73. The largest absolute Gasteiger partial charge is 0.371 e. The molecule has 1 amide bonds. The molecule has 1 aromatic carbocycles. The summed E-state index contributed by atoms with van der Waals surface area (Å²) in [6.07, 6.45) is 3.63. The van der Waals surface area contributed by atoms with Gasteiger partial charge in [-0.25, -0.2) is 0 Å². The number of fused-ring (bicyclic) bond motifs is 1. The maximum absolute atomic E-state index is 12.2. The highest BCUT2D eigenvalue weighted by atomic mass is 79.9. The first-order valence-electron chi connectivity index (χ1n) is 8.64. The molecule has 0 unspecified atom stereocenters. The second-order valence-electron chi connectivity index (χ2n) is 6.52. The van der Waals surface area contributed by atoms with Crippen molar-refractivity contribution in [3.8, 4) is 0 Å². The van der Waals surface area contributed by atoms with Crippen molar-refractivity contribution >= 4 is 38.4 Å². The first-order valence-corrected chi connectivity index (χ1v) is 9.43. The van der Waals surface area contributed by atoms with Crippen LogP contribution in [0.15, 0.2) is 45.5 Å². The predicted octanol–water partition coefficient (Wildman–Crippen LogP) is 3.69. The summed E-state index contributed by atoms with van der Waals surface area (Å²) >= 11 is 3.57. The van der Waals surface area contributed by atoms with E-state index in [1.54, 1.807) is 13.0 Å². The zero-order chi connectivity index (χ0) is 18.1. The fourth-order valence-electron chi connectivity index (χ4n) is 3.40. The lowest BCUT2D eigenvalue weighted by Gasteiger charge is -2.34.